The molecule has 2 aromatic carbocycles. The van der Waals surface area contributed by atoms with Crippen LogP contribution >= 0.6 is 0 Å². The molecule has 0 aliphatic heterocycles. The maximum atomic E-state index is 12.8. The van der Waals surface area contributed by atoms with Gasteiger partial charge in [-0.25, -0.2) is 4.98 Å². The molecule has 0 fully saturated rings. The number of nitrogens with two attached hydrogens (primary N) is 1. The van der Waals surface area contributed by atoms with Crippen molar-refractivity contribution < 1.29 is 17.9 Å². The third kappa shape index (κ3) is 3.63. The lowest BCUT2D eigenvalue weighted by Gasteiger charge is -2.09. The maximum absolute atomic E-state index is 12.8. The van der Waals surface area contributed by atoms with Crippen molar-refractivity contribution in [3.63, 3.8) is 0 Å². The van der Waals surface area contributed by atoms with Gasteiger partial charge in [-0.3, -0.25) is 5.10 Å². The molecule has 1 atom stereocenters. The number of hydrogen-bond acceptors (Lipinski definition) is 4. The number of hydrogen-bond donors (Lipinski definition) is 2. The number of ether oxygens (including phenoxy) is 1. The Balaban J connectivity index is 1.87. The highest BCUT2D eigenvalue weighted by Crippen LogP contribution is 2.31. The zero-order chi connectivity index (χ0) is 18.0. The van der Waals surface area contributed by atoms with Gasteiger partial charge in [0, 0.05) is 5.56 Å². The number of alkyl halides is 3. The van der Waals surface area contributed by atoms with Crippen molar-refractivity contribution in [1.82, 2.24) is 15.2 Å². The molecule has 25 heavy (non-hydrogen) atoms. The summed E-state index contributed by atoms with van der Waals surface area (Å²) in [7, 11) is 1.56. The van der Waals surface area contributed by atoms with Gasteiger partial charge in [0.25, 0.3) is 0 Å². The molecule has 1 heterocycles. The molecule has 1 aromatic heterocycles. The van der Waals surface area contributed by atoms with E-state index in [-0.39, 0.29) is 11.4 Å². The van der Waals surface area contributed by atoms with E-state index in [9.17, 15) is 13.2 Å². The molecule has 3 aromatic rings. The van der Waals surface area contributed by atoms with Crippen LogP contribution in [-0.4, -0.2) is 22.3 Å². The monoisotopic (exact) mass is 348 g/mol. The Bertz CT molecular complexity index is 859. The van der Waals surface area contributed by atoms with Crippen LogP contribution < -0.4 is 10.5 Å². The number of aromatic amines is 1. The van der Waals surface area contributed by atoms with Gasteiger partial charge in [-0.1, -0.05) is 24.3 Å². The largest absolute Gasteiger partial charge is 0.497 e. The van der Waals surface area contributed by atoms with Crippen LogP contribution in [0.4, 0.5) is 13.2 Å². The number of halogens is 3. The molecule has 130 valence electrons. The second kappa shape index (κ2) is 6.56. The van der Waals surface area contributed by atoms with E-state index in [4.69, 9.17) is 10.5 Å². The SMILES string of the molecule is COc1ccc([C@H](N)c2nc(-c3cccc(C(F)(F)F)c3)n[nH]2)cc1. The van der Waals surface area contributed by atoms with E-state index >= 15 is 0 Å². The van der Waals surface area contributed by atoms with Crippen molar-refractivity contribution in [2.75, 3.05) is 7.11 Å². The second-order valence-corrected chi connectivity index (χ2v) is 5.37. The fourth-order valence-corrected chi connectivity index (χ4v) is 2.35. The number of nitrogens with one attached hydrogen (secondary N) is 1. The molecule has 8 heteroatoms. The summed E-state index contributed by atoms with van der Waals surface area (Å²) in [6, 6.07) is 11.4. The number of nitrogens with zero attached hydrogens (tertiary/aromatic N) is 2. The smallest absolute Gasteiger partial charge is 0.416 e. The van der Waals surface area contributed by atoms with Crippen molar-refractivity contribution >= 4 is 0 Å². The Labute approximate surface area is 141 Å². The summed E-state index contributed by atoms with van der Waals surface area (Å²) in [6.45, 7) is 0. The molecule has 0 saturated carbocycles. The molecular formula is C17H15F3N4O. The summed E-state index contributed by atoms with van der Waals surface area (Å²) in [5.74, 6) is 1.21. The van der Waals surface area contributed by atoms with Crippen LogP contribution in [0.5, 0.6) is 5.75 Å². The summed E-state index contributed by atoms with van der Waals surface area (Å²) in [5.41, 5.74) is 6.42. The van der Waals surface area contributed by atoms with Crippen LogP contribution in [0.2, 0.25) is 0 Å². The van der Waals surface area contributed by atoms with E-state index in [1.165, 1.54) is 12.1 Å². The minimum atomic E-state index is -4.42. The lowest BCUT2D eigenvalue weighted by atomic mass is 10.1. The third-order valence-electron chi connectivity index (χ3n) is 3.72. The highest BCUT2D eigenvalue weighted by Gasteiger charge is 2.30. The van der Waals surface area contributed by atoms with E-state index in [0.717, 1.165) is 17.7 Å². The van der Waals surface area contributed by atoms with Crippen LogP contribution in [0.3, 0.4) is 0 Å². The number of H-pyrrole nitrogens is 1. The fourth-order valence-electron chi connectivity index (χ4n) is 2.35. The number of rotatable bonds is 4. The maximum Gasteiger partial charge on any atom is 0.416 e. The molecule has 5 nitrogen and oxygen atoms in total. The average Bonchev–Trinajstić information content (AvgIpc) is 3.11. The van der Waals surface area contributed by atoms with Gasteiger partial charge in [0.1, 0.15) is 11.6 Å². The van der Waals surface area contributed by atoms with Crippen molar-refractivity contribution in [1.29, 1.82) is 0 Å². The first-order valence-electron chi connectivity index (χ1n) is 7.38. The highest BCUT2D eigenvalue weighted by atomic mass is 19.4. The molecule has 0 aliphatic carbocycles. The van der Waals surface area contributed by atoms with E-state index in [1.54, 1.807) is 31.4 Å². The molecule has 0 unspecified atom stereocenters. The van der Waals surface area contributed by atoms with Crippen LogP contribution in [0.1, 0.15) is 23.0 Å². The van der Waals surface area contributed by atoms with E-state index in [2.05, 4.69) is 15.2 Å². The summed E-state index contributed by atoms with van der Waals surface area (Å²) in [6.07, 6.45) is -4.42. The molecule has 0 bridgehead atoms. The van der Waals surface area contributed by atoms with E-state index in [1.807, 2.05) is 0 Å². The Morgan fingerprint density at radius 3 is 2.48 bits per heavy atom. The third-order valence-corrected chi connectivity index (χ3v) is 3.72. The first-order chi connectivity index (χ1) is 11.9. The quantitative estimate of drug-likeness (QED) is 0.756. The van der Waals surface area contributed by atoms with Gasteiger partial charge in [0.05, 0.1) is 18.7 Å². The summed E-state index contributed by atoms with van der Waals surface area (Å²) in [4.78, 5) is 4.23. The van der Waals surface area contributed by atoms with Crippen molar-refractivity contribution in [3.8, 4) is 17.1 Å². The normalized spacial score (nSPS) is 12.8. The second-order valence-electron chi connectivity index (χ2n) is 5.37. The number of aromatic nitrogens is 3. The van der Waals surface area contributed by atoms with E-state index < -0.39 is 17.8 Å². The highest BCUT2D eigenvalue weighted by molar-refractivity contribution is 5.56. The van der Waals surface area contributed by atoms with Crippen molar-refractivity contribution in [3.05, 3.63) is 65.5 Å². The predicted molar refractivity (Wildman–Crippen MR) is 85.8 cm³/mol. The molecular weight excluding hydrogens is 333 g/mol. The van der Waals surface area contributed by atoms with Gasteiger partial charge >= 0.3 is 6.18 Å². The van der Waals surface area contributed by atoms with Crippen LogP contribution in [0.15, 0.2) is 48.5 Å². The van der Waals surface area contributed by atoms with Gasteiger partial charge in [0.15, 0.2) is 5.82 Å². The fraction of sp³-hybridized carbons (Fsp3) is 0.176. The Morgan fingerprint density at radius 1 is 1.12 bits per heavy atom. The molecule has 0 amide bonds. The summed E-state index contributed by atoms with van der Waals surface area (Å²) in [5, 5.41) is 6.67. The van der Waals surface area contributed by atoms with Gasteiger partial charge in [-0.15, -0.1) is 0 Å². The summed E-state index contributed by atoms with van der Waals surface area (Å²) >= 11 is 0. The van der Waals surface area contributed by atoms with Crippen molar-refractivity contribution in [2.24, 2.45) is 5.73 Å². The average molecular weight is 348 g/mol. The predicted octanol–water partition coefficient (Wildman–Crippen LogP) is 3.55. The van der Waals surface area contributed by atoms with Gasteiger partial charge < -0.3 is 10.5 Å². The van der Waals surface area contributed by atoms with Crippen LogP contribution in [0, 0.1) is 0 Å². The first-order valence-corrected chi connectivity index (χ1v) is 7.38. The van der Waals surface area contributed by atoms with E-state index in [0.29, 0.717) is 11.6 Å². The minimum absolute atomic E-state index is 0.157. The van der Waals surface area contributed by atoms with Gasteiger partial charge in [-0.05, 0) is 29.8 Å². The lowest BCUT2D eigenvalue weighted by molar-refractivity contribution is -0.137. The summed E-state index contributed by atoms with van der Waals surface area (Å²) < 4.78 is 43.6. The molecule has 0 spiro atoms. The van der Waals surface area contributed by atoms with Gasteiger partial charge in [-0.2, -0.15) is 18.3 Å². The first kappa shape index (κ1) is 17.0. The Morgan fingerprint density at radius 2 is 1.84 bits per heavy atom. The molecule has 0 aliphatic rings. The number of methoxy groups -OCH3 is 1. The minimum Gasteiger partial charge on any atom is -0.497 e. The topological polar surface area (TPSA) is 76.8 Å². The zero-order valence-corrected chi connectivity index (χ0v) is 13.2. The van der Waals surface area contributed by atoms with Crippen molar-refractivity contribution in [2.45, 2.75) is 12.2 Å². The zero-order valence-electron chi connectivity index (χ0n) is 13.2. The van der Waals surface area contributed by atoms with Crippen LogP contribution in [-0.2, 0) is 6.18 Å². The van der Waals surface area contributed by atoms with Gasteiger partial charge in [0.2, 0.25) is 0 Å². The lowest BCUT2D eigenvalue weighted by Crippen LogP contribution is -2.13. The standard InChI is InChI=1S/C17H15F3N4O/c1-25-13-7-5-10(6-8-13)14(21)16-22-15(23-24-16)11-3-2-4-12(9-11)17(18,19)20/h2-9,14H,21H2,1H3,(H,22,23,24)/t14-/m0/s1. The van der Waals surface area contributed by atoms with Crippen LogP contribution in [0.25, 0.3) is 11.4 Å². The number of benzene rings is 2. The Hall–Kier alpha value is -2.87. The molecule has 0 radical (unpaired) electrons. The Kier molecular flexibility index (Phi) is 4.45. The molecule has 0 saturated heterocycles. The molecule has 3 N–H and O–H groups in total. The molecule has 3 rings (SSSR count).